The van der Waals surface area contributed by atoms with Crippen LogP contribution in [0.3, 0.4) is 0 Å². The van der Waals surface area contributed by atoms with E-state index in [1.165, 1.54) is 6.07 Å². The summed E-state index contributed by atoms with van der Waals surface area (Å²) in [4.78, 5) is 16.2. The molecule has 0 bridgehead atoms. The molecule has 33 heavy (non-hydrogen) atoms. The number of amides is 1. The van der Waals surface area contributed by atoms with Gasteiger partial charge in [-0.2, -0.15) is 18.3 Å². The number of halogens is 3. The highest BCUT2D eigenvalue weighted by Crippen LogP contribution is 2.33. The molecule has 11 heteroatoms. The van der Waals surface area contributed by atoms with E-state index < -0.39 is 17.8 Å². The molecule has 0 unspecified atom stereocenters. The van der Waals surface area contributed by atoms with Crippen molar-refractivity contribution >= 4 is 22.5 Å². The lowest BCUT2D eigenvalue weighted by Gasteiger charge is -2.27. The summed E-state index contributed by atoms with van der Waals surface area (Å²) in [5.74, 6) is -0.382. The number of pyridine rings is 1. The standard InChI is InChI=1S/C22H22F3N5O3/c23-22(24,25)20-3-1-2-16(27-20)21(31)28-18-8-13-10-30(14-4-6-26-7-5-14)29-17(13)9-19(18)33-15-11-32-12-15/h1-3,8-10,14-15,26H,4-7,11-12H2,(H,28,31). The Kier molecular flexibility index (Phi) is 5.67. The van der Waals surface area contributed by atoms with E-state index in [1.807, 2.05) is 10.9 Å². The van der Waals surface area contributed by atoms with Crippen LogP contribution in [-0.4, -0.2) is 53.1 Å². The van der Waals surface area contributed by atoms with E-state index in [0.29, 0.717) is 30.2 Å². The molecule has 1 aromatic carbocycles. The van der Waals surface area contributed by atoms with E-state index in [1.54, 1.807) is 12.1 Å². The molecule has 0 spiro atoms. The predicted octanol–water partition coefficient (Wildman–Crippen LogP) is 3.40. The number of hydrogen-bond donors (Lipinski definition) is 2. The van der Waals surface area contributed by atoms with Gasteiger partial charge in [0.05, 0.1) is 30.5 Å². The highest BCUT2D eigenvalue weighted by atomic mass is 19.4. The molecule has 2 fully saturated rings. The van der Waals surface area contributed by atoms with E-state index in [0.717, 1.165) is 43.5 Å². The number of ether oxygens (including phenoxy) is 2. The van der Waals surface area contributed by atoms with E-state index in [-0.39, 0.29) is 17.8 Å². The van der Waals surface area contributed by atoms with Crippen LogP contribution < -0.4 is 15.4 Å². The average molecular weight is 461 g/mol. The highest BCUT2D eigenvalue weighted by molar-refractivity contribution is 6.05. The average Bonchev–Trinajstić information content (AvgIpc) is 3.19. The predicted molar refractivity (Wildman–Crippen MR) is 113 cm³/mol. The van der Waals surface area contributed by atoms with Crippen LogP contribution in [0.2, 0.25) is 0 Å². The lowest BCUT2D eigenvalue weighted by Crippen LogP contribution is -2.38. The summed E-state index contributed by atoms with van der Waals surface area (Å²) in [5, 5.41) is 11.5. The van der Waals surface area contributed by atoms with Crippen molar-refractivity contribution in [2.45, 2.75) is 31.2 Å². The summed E-state index contributed by atoms with van der Waals surface area (Å²) >= 11 is 0. The number of fused-ring (bicyclic) bond motifs is 1. The number of alkyl halides is 3. The van der Waals surface area contributed by atoms with Crippen molar-refractivity contribution in [1.82, 2.24) is 20.1 Å². The smallest absolute Gasteiger partial charge is 0.433 e. The number of carbonyl (C=O) groups excluding carboxylic acids is 1. The van der Waals surface area contributed by atoms with Crippen molar-refractivity contribution in [2.24, 2.45) is 0 Å². The fourth-order valence-electron chi connectivity index (χ4n) is 3.89. The van der Waals surface area contributed by atoms with Crippen LogP contribution in [0, 0.1) is 0 Å². The summed E-state index contributed by atoms with van der Waals surface area (Å²) < 4.78 is 52.1. The van der Waals surface area contributed by atoms with Crippen LogP contribution in [0.4, 0.5) is 18.9 Å². The molecular formula is C22H22F3N5O3. The summed E-state index contributed by atoms with van der Waals surface area (Å²) in [6.45, 7) is 2.68. The third kappa shape index (κ3) is 4.64. The Bertz CT molecular complexity index is 1170. The summed E-state index contributed by atoms with van der Waals surface area (Å²) in [5.41, 5.74) is -0.423. The Hall–Kier alpha value is -3.18. The van der Waals surface area contributed by atoms with Crippen LogP contribution in [0.1, 0.15) is 35.1 Å². The molecule has 5 rings (SSSR count). The summed E-state index contributed by atoms with van der Waals surface area (Å²) in [6.07, 6.45) is -0.976. The molecule has 2 aliphatic heterocycles. The number of hydrogen-bond acceptors (Lipinski definition) is 6. The van der Waals surface area contributed by atoms with Crippen LogP contribution in [0.25, 0.3) is 10.9 Å². The fraction of sp³-hybridized carbons (Fsp3) is 0.409. The number of carbonyl (C=O) groups is 1. The second-order valence-corrected chi connectivity index (χ2v) is 8.13. The quantitative estimate of drug-likeness (QED) is 0.605. The Morgan fingerprint density at radius 2 is 2.00 bits per heavy atom. The molecule has 4 heterocycles. The first-order chi connectivity index (χ1) is 15.9. The van der Waals surface area contributed by atoms with Crippen molar-refractivity contribution < 1.29 is 27.4 Å². The SMILES string of the molecule is O=C(Nc1cc2cn(C3CCNCC3)nc2cc1OC1COC1)c1cccc(C(F)(F)F)n1. The van der Waals surface area contributed by atoms with Crippen LogP contribution in [-0.2, 0) is 10.9 Å². The van der Waals surface area contributed by atoms with Crippen molar-refractivity contribution in [2.75, 3.05) is 31.6 Å². The minimum atomic E-state index is -4.64. The number of aromatic nitrogens is 3. The molecule has 174 valence electrons. The largest absolute Gasteiger partial charge is 0.483 e. The Morgan fingerprint density at radius 1 is 1.21 bits per heavy atom. The summed E-state index contributed by atoms with van der Waals surface area (Å²) in [7, 11) is 0. The second kappa shape index (κ2) is 8.64. The van der Waals surface area contributed by atoms with Gasteiger partial charge in [0.25, 0.3) is 5.91 Å². The molecule has 2 aliphatic rings. The normalized spacial score (nSPS) is 17.7. The van der Waals surface area contributed by atoms with Gasteiger partial charge < -0.3 is 20.1 Å². The first kappa shape index (κ1) is 21.7. The molecule has 2 N–H and O–H groups in total. The number of piperidine rings is 1. The van der Waals surface area contributed by atoms with Crippen LogP contribution >= 0.6 is 0 Å². The maximum atomic E-state index is 13.0. The first-order valence-corrected chi connectivity index (χ1v) is 10.7. The van der Waals surface area contributed by atoms with Gasteiger partial charge in [0.2, 0.25) is 0 Å². The fourth-order valence-corrected chi connectivity index (χ4v) is 3.89. The van der Waals surface area contributed by atoms with Gasteiger partial charge >= 0.3 is 6.18 Å². The zero-order valence-corrected chi connectivity index (χ0v) is 17.6. The van der Waals surface area contributed by atoms with Gasteiger partial charge in [-0.05, 0) is 44.1 Å². The van der Waals surface area contributed by atoms with Gasteiger partial charge in [-0.1, -0.05) is 6.07 Å². The topological polar surface area (TPSA) is 90.3 Å². The number of rotatable bonds is 5. The van der Waals surface area contributed by atoms with Gasteiger partial charge in [-0.15, -0.1) is 0 Å². The van der Waals surface area contributed by atoms with Crippen molar-refractivity contribution in [3.05, 3.63) is 47.9 Å². The number of nitrogens with one attached hydrogen (secondary N) is 2. The third-order valence-corrected chi connectivity index (χ3v) is 5.73. The minimum absolute atomic E-state index is 0.170. The van der Waals surface area contributed by atoms with Crippen LogP contribution in [0.15, 0.2) is 36.5 Å². The molecule has 8 nitrogen and oxygen atoms in total. The van der Waals surface area contributed by atoms with Crippen LogP contribution in [0.5, 0.6) is 5.75 Å². The zero-order valence-electron chi connectivity index (χ0n) is 17.6. The van der Waals surface area contributed by atoms with Gasteiger partial charge in [-0.3, -0.25) is 9.48 Å². The molecule has 0 radical (unpaired) electrons. The lowest BCUT2D eigenvalue weighted by molar-refractivity contribution is -0.141. The lowest BCUT2D eigenvalue weighted by atomic mass is 10.1. The maximum absolute atomic E-state index is 13.0. The Morgan fingerprint density at radius 3 is 2.70 bits per heavy atom. The monoisotopic (exact) mass is 461 g/mol. The maximum Gasteiger partial charge on any atom is 0.433 e. The van der Waals surface area contributed by atoms with Crippen molar-refractivity contribution in [1.29, 1.82) is 0 Å². The van der Waals surface area contributed by atoms with Gasteiger partial charge in [0.1, 0.15) is 23.2 Å². The van der Waals surface area contributed by atoms with Gasteiger partial charge in [0, 0.05) is 17.6 Å². The number of benzene rings is 1. The number of anilines is 1. The summed E-state index contributed by atoms with van der Waals surface area (Å²) in [6, 6.07) is 6.94. The van der Waals surface area contributed by atoms with Gasteiger partial charge in [0.15, 0.2) is 0 Å². The van der Waals surface area contributed by atoms with Gasteiger partial charge in [-0.25, -0.2) is 4.98 Å². The van der Waals surface area contributed by atoms with E-state index in [2.05, 4.69) is 15.6 Å². The zero-order chi connectivity index (χ0) is 23.0. The Labute approximate surface area is 187 Å². The minimum Gasteiger partial charge on any atom is -0.483 e. The molecule has 0 atom stereocenters. The molecule has 3 aromatic rings. The molecule has 0 saturated carbocycles. The van der Waals surface area contributed by atoms with E-state index in [4.69, 9.17) is 14.6 Å². The second-order valence-electron chi connectivity index (χ2n) is 8.13. The Balaban J connectivity index is 1.46. The van der Waals surface area contributed by atoms with Crippen molar-refractivity contribution in [3.63, 3.8) is 0 Å². The molecule has 2 aromatic heterocycles. The molecular weight excluding hydrogens is 439 g/mol. The highest BCUT2D eigenvalue weighted by Gasteiger charge is 2.33. The third-order valence-electron chi connectivity index (χ3n) is 5.73. The van der Waals surface area contributed by atoms with E-state index >= 15 is 0 Å². The molecule has 2 saturated heterocycles. The first-order valence-electron chi connectivity index (χ1n) is 10.7. The molecule has 1 amide bonds. The van der Waals surface area contributed by atoms with Crippen molar-refractivity contribution in [3.8, 4) is 5.75 Å². The number of nitrogens with zero attached hydrogens (tertiary/aromatic N) is 3. The molecule has 0 aliphatic carbocycles. The van der Waals surface area contributed by atoms with E-state index in [9.17, 15) is 18.0 Å².